The summed E-state index contributed by atoms with van der Waals surface area (Å²) in [5.41, 5.74) is 0.613. The zero-order chi connectivity index (χ0) is 21.3. The highest BCUT2D eigenvalue weighted by molar-refractivity contribution is 7.99. The van der Waals surface area contributed by atoms with Gasteiger partial charge in [-0.15, -0.1) is 22.7 Å². The van der Waals surface area contributed by atoms with Crippen LogP contribution in [0.4, 0.5) is 14.5 Å². The maximum Gasteiger partial charge on any atom is 0.263 e. The third kappa shape index (κ3) is 4.03. The largest absolute Gasteiger partial charge is 0.323 e. The average molecular weight is 464 g/mol. The molecule has 0 spiro atoms. The third-order valence-electron chi connectivity index (χ3n) is 4.30. The summed E-state index contributed by atoms with van der Waals surface area (Å²) in [4.78, 5) is 31.5. The van der Waals surface area contributed by atoms with Crippen LogP contribution in [-0.4, -0.2) is 21.2 Å². The molecule has 30 heavy (non-hydrogen) atoms. The van der Waals surface area contributed by atoms with Crippen LogP contribution in [0, 0.1) is 11.6 Å². The van der Waals surface area contributed by atoms with Gasteiger partial charge in [-0.3, -0.25) is 14.2 Å². The number of nitrogens with zero attached hydrogens (tertiary/aromatic N) is 2. The Morgan fingerprint density at radius 2 is 2.10 bits per heavy atom. The zero-order valence-corrected chi connectivity index (χ0v) is 18.1. The van der Waals surface area contributed by atoms with Crippen LogP contribution in [-0.2, 0) is 11.3 Å². The maximum absolute atomic E-state index is 13.7. The van der Waals surface area contributed by atoms with E-state index >= 15 is 0 Å². The quantitative estimate of drug-likeness (QED) is 0.315. The standard InChI is InChI=1S/C20H15F2N3O2S3/c1-2-25-19(27)17-12(15-4-3-7-28-15)9-29-18(17)24-20(25)30-10-16(26)23-14-6-5-11(21)8-13(14)22/h3-9H,2,10H2,1H3,(H,23,26). The van der Waals surface area contributed by atoms with Gasteiger partial charge in [0.2, 0.25) is 5.91 Å². The molecule has 3 aromatic heterocycles. The lowest BCUT2D eigenvalue weighted by atomic mass is 10.2. The number of carbonyl (C=O) groups is 1. The van der Waals surface area contributed by atoms with Crippen molar-refractivity contribution < 1.29 is 13.6 Å². The van der Waals surface area contributed by atoms with E-state index in [0.29, 0.717) is 28.0 Å². The Kier molecular flexibility index (Phi) is 5.98. The van der Waals surface area contributed by atoms with Crippen LogP contribution in [0.2, 0.25) is 0 Å². The molecule has 154 valence electrons. The van der Waals surface area contributed by atoms with Crippen molar-refractivity contribution in [3.05, 3.63) is 63.1 Å². The molecule has 4 rings (SSSR count). The molecule has 4 aromatic rings. The first-order chi connectivity index (χ1) is 14.5. The van der Waals surface area contributed by atoms with E-state index in [2.05, 4.69) is 10.3 Å². The van der Waals surface area contributed by atoms with Crippen molar-refractivity contribution in [2.75, 3.05) is 11.1 Å². The maximum atomic E-state index is 13.7. The van der Waals surface area contributed by atoms with E-state index in [4.69, 9.17) is 0 Å². The molecular weight excluding hydrogens is 448 g/mol. The van der Waals surface area contributed by atoms with E-state index in [1.54, 1.807) is 11.3 Å². The van der Waals surface area contributed by atoms with Crippen molar-refractivity contribution in [2.45, 2.75) is 18.6 Å². The van der Waals surface area contributed by atoms with Crippen molar-refractivity contribution in [3.8, 4) is 10.4 Å². The van der Waals surface area contributed by atoms with Crippen LogP contribution in [0.25, 0.3) is 20.7 Å². The molecule has 3 heterocycles. The Hall–Kier alpha value is -2.56. The molecule has 0 aliphatic heterocycles. The number of amides is 1. The zero-order valence-electron chi connectivity index (χ0n) is 15.6. The number of carbonyl (C=O) groups excluding carboxylic acids is 1. The minimum atomic E-state index is -0.849. The predicted octanol–water partition coefficient (Wildman–Crippen LogP) is 5.22. The molecule has 0 bridgehead atoms. The third-order valence-corrected chi connectivity index (χ3v) is 7.05. The topological polar surface area (TPSA) is 64.0 Å². The highest BCUT2D eigenvalue weighted by Gasteiger charge is 2.18. The van der Waals surface area contributed by atoms with Gasteiger partial charge >= 0.3 is 0 Å². The number of benzene rings is 1. The summed E-state index contributed by atoms with van der Waals surface area (Å²) in [6.45, 7) is 2.24. The van der Waals surface area contributed by atoms with Crippen LogP contribution >= 0.6 is 34.4 Å². The molecule has 0 atom stereocenters. The fraction of sp³-hybridized carbons (Fsp3) is 0.150. The second-order valence-corrected chi connectivity index (χ2v) is 8.96. The first kappa shape index (κ1) is 20.7. The van der Waals surface area contributed by atoms with Crippen molar-refractivity contribution in [1.82, 2.24) is 9.55 Å². The van der Waals surface area contributed by atoms with Crippen LogP contribution in [0.1, 0.15) is 6.92 Å². The highest BCUT2D eigenvalue weighted by Crippen LogP contribution is 2.34. The Labute approximate surface area is 182 Å². The molecule has 1 amide bonds. The second-order valence-electron chi connectivity index (χ2n) is 6.21. The molecular formula is C20H15F2N3O2S3. The van der Waals surface area contributed by atoms with Crippen molar-refractivity contribution in [2.24, 2.45) is 0 Å². The van der Waals surface area contributed by atoms with E-state index in [9.17, 15) is 18.4 Å². The number of thiophene rings is 2. The number of fused-ring (bicyclic) bond motifs is 1. The minimum Gasteiger partial charge on any atom is -0.323 e. The van der Waals surface area contributed by atoms with Gasteiger partial charge in [-0.2, -0.15) is 0 Å². The first-order valence-electron chi connectivity index (χ1n) is 8.91. The molecule has 0 radical (unpaired) electrons. The van der Waals surface area contributed by atoms with E-state index in [1.165, 1.54) is 15.9 Å². The van der Waals surface area contributed by atoms with Gasteiger partial charge in [0.1, 0.15) is 16.5 Å². The summed E-state index contributed by atoms with van der Waals surface area (Å²) >= 11 is 4.04. The summed E-state index contributed by atoms with van der Waals surface area (Å²) in [6, 6.07) is 6.83. The first-order valence-corrected chi connectivity index (χ1v) is 11.7. The minimum absolute atomic E-state index is 0.0715. The predicted molar refractivity (Wildman–Crippen MR) is 119 cm³/mol. The number of halogens is 2. The Morgan fingerprint density at radius 1 is 1.27 bits per heavy atom. The molecule has 0 unspecified atom stereocenters. The lowest BCUT2D eigenvalue weighted by molar-refractivity contribution is -0.113. The monoisotopic (exact) mass is 463 g/mol. The van der Waals surface area contributed by atoms with Crippen molar-refractivity contribution >= 4 is 56.2 Å². The molecule has 0 saturated carbocycles. The van der Waals surface area contributed by atoms with Crippen LogP contribution in [0.5, 0.6) is 0 Å². The van der Waals surface area contributed by atoms with Crippen LogP contribution < -0.4 is 10.9 Å². The van der Waals surface area contributed by atoms with Gasteiger partial charge in [0, 0.05) is 28.4 Å². The molecule has 5 nitrogen and oxygen atoms in total. The molecule has 0 saturated heterocycles. The highest BCUT2D eigenvalue weighted by atomic mass is 32.2. The van der Waals surface area contributed by atoms with Crippen molar-refractivity contribution in [1.29, 1.82) is 0 Å². The summed E-state index contributed by atoms with van der Waals surface area (Å²) in [7, 11) is 0. The molecule has 1 aromatic carbocycles. The fourth-order valence-electron chi connectivity index (χ4n) is 2.92. The van der Waals surface area contributed by atoms with Gasteiger partial charge in [-0.1, -0.05) is 17.8 Å². The van der Waals surface area contributed by atoms with Gasteiger partial charge in [-0.05, 0) is 30.5 Å². The number of hydrogen-bond donors (Lipinski definition) is 1. The summed E-state index contributed by atoms with van der Waals surface area (Å²) in [6.07, 6.45) is 0. The molecule has 0 fully saturated rings. The lowest BCUT2D eigenvalue weighted by Crippen LogP contribution is -2.23. The number of aromatic nitrogens is 2. The lowest BCUT2D eigenvalue weighted by Gasteiger charge is -2.11. The Morgan fingerprint density at radius 3 is 2.80 bits per heavy atom. The smallest absolute Gasteiger partial charge is 0.263 e. The van der Waals surface area contributed by atoms with Crippen LogP contribution in [0.15, 0.2) is 51.0 Å². The Bertz CT molecular complexity index is 1280. The normalized spacial score (nSPS) is 11.2. The average Bonchev–Trinajstić information content (AvgIpc) is 3.38. The fourth-order valence-corrected chi connectivity index (χ4v) is 5.58. The SMILES string of the molecule is CCn1c(SCC(=O)Nc2ccc(F)cc2F)nc2scc(-c3cccs3)c2c1=O. The number of anilines is 1. The molecule has 0 aliphatic carbocycles. The van der Waals surface area contributed by atoms with E-state index < -0.39 is 17.5 Å². The molecule has 1 N–H and O–H groups in total. The van der Waals surface area contributed by atoms with E-state index in [0.717, 1.165) is 34.3 Å². The van der Waals surface area contributed by atoms with Gasteiger partial charge < -0.3 is 5.32 Å². The van der Waals surface area contributed by atoms with Crippen LogP contribution in [0.3, 0.4) is 0 Å². The van der Waals surface area contributed by atoms with Gasteiger partial charge in [0.15, 0.2) is 5.16 Å². The number of nitrogens with one attached hydrogen (secondary N) is 1. The van der Waals surface area contributed by atoms with Gasteiger partial charge in [0.25, 0.3) is 5.56 Å². The van der Waals surface area contributed by atoms with E-state index in [-0.39, 0.29) is 17.0 Å². The Balaban J connectivity index is 1.58. The molecule has 10 heteroatoms. The van der Waals surface area contributed by atoms with Gasteiger partial charge in [-0.25, -0.2) is 13.8 Å². The summed E-state index contributed by atoms with van der Waals surface area (Å²) in [5.74, 6) is -2.12. The number of rotatable bonds is 6. The number of thioether (sulfide) groups is 1. The van der Waals surface area contributed by atoms with E-state index in [1.807, 2.05) is 29.8 Å². The number of hydrogen-bond acceptors (Lipinski definition) is 6. The summed E-state index contributed by atoms with van der Waals surface area (Å²) in [5, 5.41) is 7.28. The second kappa shape index (κ2) is 8.66. The van der Waals surface area contributed by atoms with Crippen molar-refractivity contribution in [3.63, 3.8) is 0 Å². The summed E-state index contributed by atoms with van der Waals surface area (Å²) < 4.78 is 28.3. The molecule has 0 aliphatic rings. The van der Waals surface area contributed by atoms with Gasteiger partial charge in [0.05, 0.1) is 16.8 Å².